The van der Waals surface area contributed by atoms with Gasteiger partial charge in [-0.25, -0.2) is 0 Å². The van der Waals surface area contributed by atoms with Crippen LogP contribution in [-0.2, 0) is 0 Å². The maximum atomic E-state index is 10.2. The van der Waals surface area contributed by atoms with Gasteiger partial charge in [0, 0.05) is 28.5 Å². The molecule has 0 aliphatic rings. The Hall–Kier alpha value is -2.02. The number of aliphatic hydroxyl groups excluding tert-OH is 1. The van der Waals surface area contributed by atoms with Crippen LogP contribution in [0.4, 0.5) is 0 Å². The highest BCUT2D eigenvalue weighted by atomic mass is 35.5. The Morgan fingerprint density at radius 3 is 2.63 bits per heavy atom. The van der Waals surface area contributed by atoms with E-state index in [2.05, 4.69) is 4.98 Å². The second kappa shape index (κ2) is 5.75. The zero-order valence-electron chi connectivity index (χ0n) is 9.64. The van der Waals surface area contributed by atoms with Gasteiger partial charge in [0.25, 0.3) is 0 Å². The molecule has 0 bridgehead atoms. The number of halogens is 2. The van der Waals surface area contributed by atoms with E-state index >= 15 is 0 Å². The standard InChI is InChI=1S/C14H8Cl2N2O/c15-10-3-4-11(13(16)6-10)12(7-17)14(19)9-2-1-5-18-8-9/h1-6,8,19H/b14-12+. The van der Waals surface area contributed by atoms with Crippen LogP contribution in [0.3, 0.4) is 0 Å². The minimum Gasteiger partial charge on any atom is -0.506 e. The number of benzene rings is 1. The minimum atomic E-state index is -0.167. The molecule has 1 aromatic heterocycles. The van der Waals surface area contributed by atoms with Gasteiger partial charge in [0.2, 0.25) is 0 Å². The summed E-state index contributed by atoms with van der Waals surface area (Å²) >= 11 is 11.8. The molecule has 0 radical (unpaired) electrons. The second-order valence-corrected chi connectivity index (χ2v) is 4.54. The van der Waals surface area contributed by atoms with Gasteiger partial charge in [0.05, 0.1) is 5.02 Å². The highest BCUT2D eigenvalue weighted by molar-refractivity contribution is 6.36. The number of nitriles is 1. The molecule has 0 saturated heterocycles. The van der Waals surface area contributed by atoms with Crippen molar-refractivity contribution in [3.05, 3.63) is 63.9 Å². The molecular weight excluding hydrogens is 283 g/mol. The molecule has 3 nitrogen and oxygen atoms in total. The Bertz CT molecular complexity index is 676. The van der Waals surface area contributed by atoms with Crippen LogP contribution in [0.15, 0.2) is 42.7 Å². The van der Waals surface area contributed by atoms with Gasteiger partial charge in [-0.15, -0.1) is 0 Å². The van der Waals surface area contributed by atoms with Gasteiger partial charge in [0.15, 0.2) is 0 Å². The zero-order chi connectivity index (χ0) is 13.8. The molecule has 1 heterocycles. The lowest BCUT2D eigenvalue weighted by Gasteiger charge is -2.06. The van der Waals surface area contributed by atoms with Crippen molar-refractivity contribution in [2.45, 2.75) is 0 Å². The van der Waals surface area contributed by atoms with Crippen molar-refractivity contribution in [2.24, 2.45) is 0 Å². The molecule has 0 aliphatic heterocycles. The average molecular weight is 291 g/mol. The molecule has 5 heteroatoms. The summed E-state index contributed by atoms with van der Waals surface area (Å²) in [6.07, 6.45) is 3.05. The Kier molecular flexibility index (Phi) is 4.06. The molecule has 1 N–H and O–H groups in total. The summed E-state index contributed by atoms with van der Waals surface area (Å²) < 4.78 is 0. The Morgan fingerprint density at radius 1 is 1.26 bits per heavy atom. The summed E-state index contributed by atoms with van der Waals surface area (Å²) in [5.74, 6) is -0.167. The normalized spacial score (nSPS) is 11.6. The first-order valence-electron chi connectivity index (χ1n) is 5.32. The first-order valence-corrected chi connectivity index (χ1v) is 6.08. The van der Waals surface area contributed by atoms with E-state index in [1.165, 1.54) is 12.3 Å². The molecule has 0 spiro atoms. The number of allylic oxidation sites excluding steroid dienone is 1. The van der Waals surface area contributed by atoms with Crippen molar-refractivity contribution in [1.29, 1.82) is 5.26 Å². The second-order valence-electron chi connectivity index (χ2n) is 3.70. The molecule has 1 aromatic carbocycles. The topological polar surface area (TPSA) is 56.9 Å². The maximum absolute atomic E-state index is 10.2. The van der Waals surface area contributed by atoms with Gasteiger partial charge in [0.1, 0.15) is 17.4 Å². The predicted molar refractivity (Wildman–Crippen MR) is 75.8 cm³/mol. The van der Waals surface area contributed by atoms with Crippen molar-refractivity contribution < 1.29 is 5.11 Å². The molecule has 2 rings (SSSR count). The number of aliphatic hydroxyl groups is 1. The third-order valence-electron chi connectivity index (χ3n) is 2.48. The van der Waals surface area contributed by atoms with E-state index in [1.807, 2.05) is 6.07 Å². The van der Waals surface area contributed by atoms with E-state index in [0.717, 1.165) is 0 Å². The lowest BCUT2D eigenvalue weighted by Crippen LogP contribution is -1.92. The van der Waals surface area contributed by atoms with Gasteiger partial charge in [-0.1, -0.05) is 29.3 Å². The molecule has 0 unspecified atom stereocenters. The summed E-state index contributed by atoms with van der Waals surface area (Å²) in [6, 6.07) is 10.00. The van der Waals surface area contributed by atoms with Crippen LogP contribution in [0, 0.1) is 11.3 Å². The number of rotatable bonds is 2. The van der Waals surface area contributed by atoms with E-state index in [-0.39, 0.29) is 11.3 Å². The van der Waals surface area contributed by atoms with Crippen molar-refractivity contribution in [2.75, 3.05) is 0 Å². The van der Waals surface area contributed by atoms with Gasteiger partial charge in [-0.2, -0.15) is 5.26 Å². The van der Waals surface area contributed by atoms with Crippen molar-refractivity contribution in [3.8, 4) is 6.07 Å². The van der Waals surface area contributed by atoms with Crippen LogP contribution < -0.4 is 0 Å². The molecule has 0 fully saturated rings. The van der Waals surface area contributed by atoms with Crippen LogP contribution >= 0.6 is 23.2 Å². The van der Waals surface area contributed by atoms with Crippen LogP contribution in [0.5, 0.6) is 0 Å². The number of hydrogen-bond donors (Lipinski definition) is 1. The van der Waals surface area contributed by atoms with Crippen LogP contribution in [0.25, 0.3) is 11.3 Å². The van der Waals surface area contributed by atoms with Gasteiger partial charge in [-0.3, -0.25) is 4.98 Å². The lowest BCUT2D eigenvalue weighted by molar-refractivity contribution is 0.513. The lowest BCUT2D eigenvalue weighted by atomic mass is 10.0. The fraction of sp³-hybridized carbons (Fsp3) is 0. The van der Waals surface area contributed by atoms with Crippen molar-refractivity contribution in [3.63, 3.8) is 0 Å². The highest BCUT2D eigenvalue weighted by Crippen LogP contribution is 2.30. The molecule has 0 aliphatic carbocycles. The van der Waals surface area contributed by atoms with E-state index < -0.39 is 0 Å². The smallest absolute Gasteiger partial charge is 0.142 e. The van der Waals surface area contributed by atoms with Gasteiger partial charge in [-0.05, 0) is 24.3 Å². The first kappa shape index (κ1) is 13.4. The quantitative estimate of drug-likeness (QED) is 0.661. The van der Waals surface area contributed by atoms with Gasteiger partial charge >= 0.3 is 0 Å². The summed E-state index contributed by atoms with van der Waals surface area (Å²) in [4.78, 5) is 3.89. The number of hydrogen-bond acceptors (Lipinski definition) is 3. The van der Waals surface area contributed by atoms with Crippen LogP contribution in [0.2, 0.25) is 10.0 Å². The van der Waals surface area contributed by atoms with Gasteiger partial charge < -0.3 is 5.11 Å². The fourth-order valence-electron chi connectivity index (χ4n) is 1.58. The van der Waals surface area contributed by atoms with E-state index in [4.69, 9.17) is 23.2 Å². The summed E-state index contributed by atoms with van der Waals surface area (Å²) in [5, 5.41) is 20.1. The minimum absolute atomic E-state index is 0.0784. The third-order valence-corrected chi connectivity index (χ3v) is 3.03. The average Bonchev–Trinajstić information content (AvgIpc) is 2.42. The molecule has 0 atom stereocenters. The molecule has 0 saturated carbocycles. The highest BCUT2D eigenvalue weighted by Gasteiger charge is 2.13. The molecular formula is C14H8Cl2N2O. The van der Waals surface area contributed by atoms with Crippen LogP contribution in [-0.4, -0.2) is 10.1 Å². The van der Waals surface area contributed by atoms with E-state index in [9.17, 15) is 10.4 Å². The molecule has 94 valence electrons. The summed E-state index contributed by atoms with van der Waals surface area (Å²) in [6.45, 7) is 0. The predicted octanol–water partition coefficient (Wildman–Crippen LogP) is 4.34. The Morgan fingerprint density at radius 2 is 2.05 bits per heavy atom. The van der Waals surface area contributed by atoms with Crippen molar-refractivity contribution in [1.82, 2.24) is 4.98 Å². The Labute approximate surface area is 120 Å². The number of aromatic nitrogens is 1. The number of nitrogens with zero attached hydrogens (tertiary/aromatic N) is 2. The van der Waals surface area contributed by atoms with Crippen LogP contribution in [0.1, 0.15) is 11.1 Å². The molecule has 2 aromatic rings. The maximum Gasteiger partial charge on any atom is 0.142 e. The fourth-order valence-corrected chi connectivity index (χ4v) is 2.08. The third kappa shape index (κ3) is 2.87. The molecule has 19 heavy (non-hydrogen) atoms. The first-order chi connectivity index (χ1) is 9.13. The van der Waals surface area contributed by atoms with E-state index in [0.29, 0.717) is 21.2 Å². The van der Waals surface area contributed by atoms with Crippen molar-refractivity contribution >= 4 is 34.5 Å². The Balaban J connectivity index is 2.60. The summed E-state index contributed by atoms with van der Waals surface area (Å²) in [5.41, 5.74) is 0.953. The zero-order valence-corrected chi connectivity index (χ0v) is 11.2. The number of pyridine rings is 1. The largest absolute Gasteiger partial charge is 0.506 e. The summed E-state index contributed by atoms with van der Waals surface area (Å²) in [7, 11) is 0. The van der Waals surface area contributed by atoms with E-state index in [1.54, 1.807) is 30.5 Å². The molecule has 0 amide bonds. The SMILES string of the molecule is N#C/C(=C(\O)c1cccnc1)c1ccc(Cl)cc1Cl. The monoisotopic (exact) mass is 290 g/mol.